The quantitative estimate of drug-likeness (QED) is 0.691. The van der Waals surface area contributed by atoms with Crippen LogP contribution in [0.1, 0.15) is 26.7 Å². The van der Waals surface area contributed by atoms with Gasteiger partial charge in [0.05, 0.1) is 6.61 Å². The summed E-state index contributed by atoms with van der Waals surface area (Å²) in [7, 11) is 3.47. The van der Waals surface area contributed by atoms with E-state index in [1.807, 2.05) is 6.92 Å². The molecule has 0 spiro atoms. The summed E-state index contributed by atoms with van der Waals surface area (Å²) in [6.45, 7) is 5.26. The molecular weight excluding hydrogens is 208 g/mol. The van der Waals surface area contributed by atoms with Gasteiger partial charge in [-0.25, -0.2) is 4.79 Å². The molecule has 0 bridgehead atoms. The largest absolute Gasteiger partial charge is 0.450 e. The first-order valence-corrected chi connectivity index (χ1v) is 5.64. The first-order valence-electron chi connectivity index (χ1n) is 5.64. The van der Waals surface area contributed by atoms with Gasteiger partial charge in [0.15, 0.2) is 0 Å². The molecular formula is C11H22N2O3. The molecule has 0 aliphatic carbocycles. The predicted molar refractivity (Wildman–Crippen MR) is 62.2 cm³/mol. The van der Waals surface area contributed by atoms with Gasteiger partial charge in [-0.2, -0.15) is 0 Å². The average molecular weight is 230 g/mol. The second-order valence-electron chi connectivity index (χ2n) is 3.64. The van der Waals surface area contributed by atoms with Gasteiger partial charge in [-0.05, 0) is 13.3 Å². The fraction of sp³-hybridized carbons (Fsp3) is 0.818. The monoisotopic (exact) mass is 230 g/mol. The Morgan fingerprint density at radius 2 is 1.62 bits per heavy atom. The standard InChI is InChI=1S/C11H22N2O3/c1-5-10(14)12(3)8-7-9-13(4)11(15)16-6-2/h5-9H2,1-4H3. The van der Waals surface area contributed by atoms with E-state index in [1.54, 1.807) is 25.9 Å². The maximum atomic E-state index is 11.2. The van der Waals surface area contributed by atoms with Gasteiger partial charge >= 0.3 is 6.09 Å². The Bertz CT molecular complexity index is 231. The second kappa shape index (κ2) is 7.96. The zero-order valence-corrected chi connectivity index (χ0v) is 10.7. The summed E-state index contributed by atoms with van der Waals surface area (Å²) in [6, 6.07) is 0. The van der Waals surface area contributed by atoms with Crippen molar-refractivity contribution in [3.8, 4) is 0 Å². The van der Waals surface area contributed by atoms with Crippen LogP contribution in [0.25, 0.3) is 0 Å². The molecule has 0 saturated carbocycles. The van der Waals surface area contributed by atoms with Crippen LogP contribution >= 0.6 is 0 Å². The Labute approximate surface area is 97.3 Å². The molecule has 0 heterocycles. The van der Waals surface area contributed by atoms with E-state index in [0.717, 1.165) is 6.42 Å². The summed E-state index contributed by atoms with van der Waals surface area (Å²) in [4.78, 5) is 25.7. The Hall–Kier alpha value is -1.26. The van der Waals surface area contributed by atoms with Crippen molar-refractivity contribution >= 4 is 12.0 Å². The summed E-state index contributed by atoms with van der Waals surface area (Å²) < 4.78 is 4.84. The summed E-state index contributed by atoms with van der Waals surface area (Å²) in [5.41, 5.74) is 0. The van der Waals surface area contributed by atoms with Gasteiger partial charge in [0.2, 0.25) is 5.91 Å². The van der Waals surface area contributed by atoms with E-state index in [0.29, 0.717) is 26.1 Å². The van der Waals surface area contributed by atoms with E-state index in [1.165, 1.54) is 4.90 Å². The number of ether oxygens (including phenoxy) is 1. The third-order valence-electron chi connectivity index (χ3n) is 2.29. The fourth-order valence-electron chi connectivity index (χ4n) is 1.26. The van der Waals surface area contributed by atoms with Crippen molar-refractivity contribution in [3.63, 3.8) is 0 Å². The second-order valence-corrected chi connectivity index (χ2v) is 3.64. The molecule has 0 aliphatic rings. The van der Waals surface area contributed by atoms with Crippen molar-refractivity contribution in [3.05, 3.63) is 0 Å². The predicted octanol–water partition coefficient (Wildman–Crippen LogP) is 1.33. The van der Waals surface area contributed by atoms with E-state index in [2.05, 4.69) is 0 Å². The summed E-state index contributed by atoms with van der Waals surface area (Å²) >= 11 is 0. The SMILES string of the molecule is CCOC(=O)N(C)CCCN(C)C(=O)CC. The topological polar surface area (TPSA) is 49.9 Å². The molecule has 0 fully saturated rings. The average Bonchev–Trinajstić information content (AvgIpc) is 2.27. The van der Waals surface area contributed by atoms with Gasteiger partial charge in [-0.15, -0.1) is 0 Å². The van der Waals surface area contributed by atoms with Gasteiger partial charge in [-0.3, -0.25) is 4.79 Å². The molecule has 0 aromatic heterocycles. The highest BCUT2D eigenvalue weighted by molar-refractivity contribution is 5.75. The van der Waals surface area contributed by atoms with Crippen LogP contribution in [0.15, 0.2) is 0 Å². The molecule has 0 saturated heterocycles. The normalized spacial score (nSPS) is 9.75. The maximum Gasteiger partial charge on any atom is 0.409 e. The van der Waals surface area contributed by atoms with Crippen LogP contribution in [-0.2, 0) is 9.53 Å². The minimum Gasteiger partial charge on any atom is -0.450 e. The third-order valence-corrected chi connectivity index (χ3v) is 2.29. The van der Waals surface area contributed by atoms with E-state index in [-0.39, 0.29) is 12.0 Å². The number of hydrogen-bond acceptors (Lipinski definition) is 3. The highest BCUT2D eigenvalue weighted by Gasteiger charge is 2.10. The van der Waals surface area contributed by atoms with Crippen molar-refractivity contribution in [2.24, 2.45) is 0 Å². The van der Waals surface area contributed by atoms with Crippen LogP contribution in [0, 0.1) is 0 Å². The smallest absolute Gasteiger partial charge is 0.409 e. The molecule has 0 unspecified atom stereocenters. The number of nitrogens with zero attached hydrogens (tertiary/aromatic N) is 2. The lowest BCUT2D eigenvalue weighted by atomic mass is 10.3. The Balaban J connectivity index is 3.73. The van der Waals surface area contributed by atoms with Crippen molar-refractivity contribution in [2.75, 3.05) is 33.8 Å². The molecule has 5 heteroatoms. The fourth-order valence-corrected chi connectivity index (χ4v) is 1.26. The summed E-state index contributed by atoms with van der Waals surface area (Å²) in [6.07, 6.45) is 0.967. The lowest BCUT2D eigenvalue weighted by Crippen LogP contribution is -2.32. The highest BCUT2D eigenvalue weighted by atomic mass is 16.5. The van der Waals surface area contributed by atoms with E-state index in [4.69, 9.17) is 4.74 Å². The molecule has 16 heavy (non-hydrogen) atoms. The number of amides is 2. The van der Waals surface area contributed by atoms with E-state index >= 15 is 0 Å². The van der Waals surface area contributed by atoms with Crippen molar-refractivity contribution in [1.29, 1.82) is 0 Å². The molecule has 0 aromatic rings. The molecule has 0 rings (SSSR count). The van der Waals surface area contributed by atoms with Crippen LogP contribution < -0.4 is 0 Å². The molecule has 94 valence electrons. The molecule has 5 nitrogen and oxygen atoms in total. The Kier molecular flexibility index (Phi) is 7.33. The van der Waals surface area contributed by atoms with Crippen molar-refractivity contribution in [1.82, 2.24) is 9.80 Å². The van der Waals surface area contributed by atoms with E-state index in [9.17, 15) is 9.59 Å². The van der Waals surface area contributed by atoms with Gasteiger partial charge in [0.1, 0.15) is 0 Å². The van der Waals surface area contributed by atoms with Crippen molar-refractivity contribution in [2.45, 2.75) is 26.7 Å². The van der Waals surface area contributed by atoms with Crippen LogP contribution in [-0.4, -0.2) is 55.6 Å². The lowest BCUT2D eigenvalue weighted by molar-refractivity contribution is -0.129. The molecule has 0 atom stereocenters. The molecule has 0 N–H and O–H groups in total. The van der Waals surface area contributed by atoms with Gasteiger partial charge in [-0.1, -0.05) is 6.92 Å². The van der Waals surface area contributed by atoms with Crippen LogP contribution in [0.4, 0.5) is 4.79 Å². The summed E-state index contributed by atoms with van der Waals surface area (Å²) in [5.74, 6) is 0.124. The Morgan fingerprint density at radius 3 is 2.12 bits per heavy atom. The Morgan fingerprint density at radius 1 is 1.06 bits per heavy atom. The van der Waals surface area contributed by atoms with Gasteiger partial charge in [0, 0.05) is 33.6 Å². The highest BCUT2D eigenvalue weighted by Crippen LogP contribution is 1.96. The maximum absolute atomic E-state index is 11.2. The van der Waals surface area contributed by atoms with Gasteiger partial charge < -0.3 is 14.5 Å². The third kappa shape index (κ3) is 5.58. The molecule has 2 amide bonds. The molecule has 0 aliphatic heterocycles. The zero-order valence-electron chi connectivity index (χ0n) is 10.7. The van der Waals surface area contributed by atoms with E-state index < -0.39 is 0 Å². The van der Waals surface area contributed by atoms with Crippen LogP contribution in [0.5, 0.6) is 0 Å². The number of hydrogen-bond donors (Lipinski definition) is 0. The van der Waals surface area contributed by atoms with Gasteiger partial charge in [0.25, 0.3) is 0 Å². The molecule has 0 aromatic carbocycles. The zero-order chi connectivity index (χ0) is 12.6. The minimum atomic E-state index is -0.313. The first kappa shape index (κ1) is 14.7. The minimum absolute atomic E-state index is 0.124. The molecule has 0 radical (unpaired) electrons. The van der Waals surface area contributed by atoms with Crippen molar-refractivity contribution < 1.29 is 14.3 Å². The van der Waals surface area contributed by atoms with Crippen LogP contribution in [0.3, 0.4) is 0 Å². The first-order chi connectivity index (χ1) is 7.52. The van der Waals surface area contributed by atoms with Crippen LogP contribution in [0.2, 0.25) is 0 Å². The number of carbonyl (C=O) groups excluding carboxylic acids is 2. The number of carbonyl (C=O) groups is 2. The summed E-state index contributed by atoms with van der Waals surface area (Å²) in [5, 5.41) is 0. The lowest BCUT2D eigenvalue weighted by Gasteiger charge is -2.19. The number of rotatable bonds is 6.